The molecule has 0 spiro atoms. The summed E-state index contributed by atoms with van der Waals surface area (Å²) in [6.07, 6.45) is 2.40. The third-order valence-electron chi connectivity index (χ3n) is 5.94. The number of nitrogens with one attached hydrogen (secondary N) is 4. The minimum atomic E-state index is -1.63. The molecular weight excluding hydrogens is 552 g/mol. The van der Waals surface area contributed by atoms with Gasteiger partial charge >= 0.3 is 5.97 Å². The van der Waals surface area contributed by atoms with E-state index in [1.165, 1.54) is 24.7 Å². The molecule has 1 aromatic heterocycles. The van der Waals surface area contributed by atoms with Crippen LogP contribution in [0.4, 0.5) is 0 Å². The van der Waals surface area contributed by atoms with Crippen LogP contribution in [0.3, 0.4) is 0 Å². The van der Waals surface area contributed by atoms with Crippen LogP contribution in [0.25, 0.3) is 0 Å². The summed E-state index contributed by atoms with van der Waals surface area (Å²) in [5, 5.41) is 26.1. The second-order valence-corrected chi connectivity index (χ2v) is 9.40. The van der Waals surface area contributed by atoms with Gasteiger partial charge in [0.15, 0.2) is 5.96 Å². The van der Waals surface area contributed by atoms with Crippen LogP contribution in [0, 0.1) is 0 Å². The molecule has 2 rings (SSSR count). The number of carbonyl (C=O) groups excluding carboxylic acids is 4. The van der Waals surface area contributed by atoms with Crippen molar-refractivity contribution in [1.29, 1.82) is 0 Å². The predicted octanol–water partition coefficient (Wildman–Crippen LogP) is -3.30. The number of carboxylic acid groups (broad SMARTS) is 1. The summed E-state index contributed by atoms with van der Waals surface area (Å²) in [5.74, 6) is -4.94. The number of aromatic hydroxyl groups is 1. The molecule has 0 saturated heterocycles. The van der Waals surface area contributed by atoms with Gasteiger partial charge in [-0.05, 0) is 37.0 Å². The van der Waals surface area contributed by atoms with Crippen molar-refractivity contribution < 1.29 is 34.2 Å². The van der Waals surface area contributed by atoms with Gasteiger partial charge < -0.3 is 54.1 Å². The predicted molar refractivity (Wildman–Crippen MR) is 149 cm³/mol. The van der Waals surface area contributed by atoms with E-state index in [-0.39, 0.29) is 43.9 Å². The van der Waals surface area contributed by atoms with E-state index in [0.29, 0.717) is 11.3 Å². The maximum atomic E-state index is 13.4. The van der Waals surface area contributed by atoms with Crippen LogP contribution in [0.2, 0.25) is 0 Å². The van der Waals surface area contributed by atoms with Crippen molar-refractivity contribution in [1.82, 2.24) is 25.9 Å². The quantitative estimate of drug-likeness (QED) is 0.0495. The average molecular weight is 589 g/mol. The zero-order valence-electron chi connectivity index (χ0n) is 22.7. The molecule has 0 aliphatic carbocycles. The molecule has 17 nitrogen and oxygen atoms in total. The van der Waals surface area contributed by atoms with Crippen LogP contribution in [0.15, 0.2) is 41.8 Å². The van der Waals surface area contributed by atoms with Crippen LogP contribution >= 0.6 is 0 Å². The number of nitrogens with zero attached hydrogens (tertiary/aromatic N) is 2. The van der Waals surface area contributed by atoms with E-state index >= 15 is 0 Å². The topological polar surface area (TPSA) is 307 Å². The molecule has 4 amide bonds. The molecule has 0 fully saturated rings. The molecule has 2 aromatic rings. The first-order valence-electron chi connectivity index (χ1n) is 12.8. The first kappa shape index (κ1) is 33.0. The van der Waals surface area contributed by atoms with Crippen LogP contribution in [-0.4, -0.2) is 86.5 Å². The van der Waals surface area contributed by atoms with Crippen molar-refractivity contribution >= 4 is 35.6 Å². The number of benzene rings is 1. The number of aliphatic carboxylic acids is 1. The highest BCUT2D eigenvalue weighted by atomic mass is 16.4. The molecule has 14 N–H and O–H groups in total. The minimum Gasteiger partial charge on any atom is -0.508 e. The van der Waals surface area contributed by atoms with Crippen molar-refractivity contribution in [2.24, 2.45) is 27.9 Å². The van der Waals surface area contributed by atoms with Gasteiger partial charge in [0.25, 0.3) is 0 Å². The Bertz CT molecular complexity index is 1250. The van der Waals surface area contributed by atoms with E-state index in [1.807, 2.05) is 0 Å². The van der Waals surface area contributed by atoms with Gasteiger partial charge in [0.05, 0.1) is 18.8 Å². The largest absolute Gasteiger partial charge is 0.508 e. The number of carbonyl (C=O) groups is 5. The Labute approximate surface area is 240 Å². The Morgan fingerprint density at radius 2 is 1.52 bits per heavy atom. The van der Waals surface area contributed by atoms with Crippen molar-refractivity contribution in [3.8, 4) is 5.75 Å². The van der Waals surface area contributed by atoms with E-state index in [1.54, 1.807) is 12.1 Å². The van der Waals surface area contributed by atoms with E-state index in [9.17, 15) is 34.2 Å². The number of guanidine groups is 1. The zero-order chi connectivity index (χ0) is 31.2. The summed E-state index contributed by atoms with van der Waals surface area (Å²) in [6, 6.07) is 0.889. The molecule has 4 atom stereocenters. The first-order valence-corrected chi connectivity index (χ1v) is 12.8. The number of imidazole rings is 1. The fraction of sp³-hybridized carbons (Fsp3) is 0.400. The van der Waals surface area contributed by atoms with Gasteiger partial charge in [-0.1, -0.05) is 12.1 Å². The van der Waals surface area contributed by atoms with Gasteiger partial charge in [-0.25, -0.2) is 9.78 Å². The van der Waals surface area contributed by atoms with Gasteiger partial charge in [-0.15, -0.1) is 0 Å². The van der Waals surface area contributed by atoms with Gasteiger partial charge in [-0.2, -0.15) is 0 Å². The first-order chi connectivity index (χ1) is 19.8. The van der Waals surface area contributed by atoms with E-state index in [4.69, 9.17) is 22.9 Å². The Morgan fingerprint density at radius 1 is 0.905 bits per heavy atom. The van der Waals surface area contributed by atoms with Gasteiger partial charge in [-0.3, -0.25) is 24.2 Å². The average Bonchev–Trinajstić information content (AvgIpc) is 3.43. The van der Waals surface area contributed by atoms with Gasteiger partial charge in [0, 0.05) is 24.9 Å². The maximum absolute atomic E-state index is 13.4. The Balaban J connectivity index is 2.21. The van der Waals surface area contributed by atoms with Crippen LogP contribution in [0.1, 0.15) is 30.5 Å². The molecule has 0 bridgehead atoms. The SMILES string of the molecule is NC(=O)CC(NC(=O)C(CCCN=C(N)N)NC(=O)C(Cc1cnc[nH]1)NC(=O)C(N)Cc1ccc(O)cc1)C(=O)O. The van der Waals surface area contributed by atoms with Crippen molar-refractivity contribution in [2.75, 3.05) is 6.54 Å². The Morgan fingerprint density at radius 3 is 2.10 bits per heavy atom. The number of carboxylic acids is 1. The van der Waals surface area contributed by atoms with Crippen molar-refractivity contribution in [3.63, 3.8) is 0 Å². The second-order valence-electron chi connectivity index (χ2n) is 9.40. The third kappa shape index (κ3) is 11.5. The molecule has 0 radical (unpaired) electrons. The maximum Gasteiger partial charge on any atom is 0.326 e. The summed E-state index contributed by atoms with van der Waals surface area (Å²) in [4.78, 5) is 72.8. The summed E-state index contributed by atoms with van der Waals surface area (Å²) >= 11 is 0. The number of H-pyrrole nitrogens is 1. The molecule has 42 heavy (non-hydrogen) atoms. The van der Waals surface area contributed by atoms with Crippen molar-refractivity contribution in [2.45, 2.75) is 56.3 Å². The number of hydrogen-bond donors (Lipinski definition) is 10. The van der Waals surface area contributed by atoms with Gasteiger partial charge in [0.1, 0.15) is 23.9 Å². The lowest BCUT2D eigenvalue weighted by atomic mass is 10.0. The number of aromatic amines is 1. The Kier molecular flexibility index (Phi) is 12.7. The lowest BCUT2D eigenvalue weighted by molar-refractivity contribution is -0.143. The fourth-order valence-corrected chi connectivity index (χ4v) is 3.80. The summed E-state index contributed by atoms with van der Waals surface area (Å²) in [6.45, 7) is 0.103. The smallest absolute Gasteiger partial charge is 0.326 e. The van der Waals surface area contributed by atoms with Crippen LogP contribution < -0.4 is 38.9 Å². The highest BCUT2D eigenvalue weighted by molar-refractivity contribution is 5.95. The molecular formula is C25H36N10O7. The number of primary amides is 1. The number of rotatable bonds is 17. The Hall–Kier alpha value is -5.19. The zero-order valence-corrected chi connectivity index (χ0v) is 22.7. The van der Waals surface area contributed by atoms with Gasteiger partial charge in [0.2, 0.25) is 23.6 Å². The third-order valence-corrected chi connectivity index (χ3v) is 5.94. The molecule has 0 saturated carbocycles. The summed E-state index contributed by atoms with van der Waals surface area (Å²) < 4.78 is 0. The molecule has 228 valence electrons. The monoisotopic (exact) mass is 588 g/mol. The number of phenolic OH excluding ortho intramolecular Hbond substituents is 1. The molecule has 1 aromatic carbocycles. The standard InChI is InChI=1S/C25H36N10O7/c26-16(8-13-3-5-15(36)6-4-13)21(38)34-18(9-14-11-30-12-32-14)23(40)33-17(2-1-7-31-25(28)29)22(39)35-19(24(41)42)10-20(27)37/h3-6,11-12,16-19,36H,1-2,7-10,26H2,(H2,27,37)(H,30,32)(H,33,40)(H,34,38)(H,35,39)(H,41,42)(H4,28,29,31). The lowest BCUT2D eigenvalue weighted by Gasteiger charge is -2.25. The highest BCUT2D eigenvalue weighted by Crippen LogP contribution is 2.11. The number of aromatic nitrogens is 2. The molecule has 1 heterocycles. The molecule has 4 unspecified atom stereocenters. The number of aliphatic imine (C=N–C) groups is 1. The van der Waals surface area contributed by atoms with E-state index in [0.717, 1.165) is 0 Å². The fourth-order valence-electron chi connectivity index (χ4n) is 3.80. The van der Waals surface area contributed by atoms with Crippen LogP contribution in [-0.2, 0) is 36.8 Å². The number of hydrogen-bond acceptors (Lipinski definition) is 9. The summed E-state index contributed by atoms with van der Waals surface area (Å²) in [7, 11) is 0. The van der Waals surface area contributed by atoms with Crippen molar-refractivity contribution in [3.05, 3.63) is 48.0 Å². The normalized spacial score (nSPS) is 13.5. The van der Waals surface area contributed by atoms with Crippen LogP contribution in [0.5, 0.6) is 5.75 Å². The number of amides is 4. The second kappa shape index (κ2) is 16.2. The number of nitrogens with two attached hydrogens (primary N) is 4. The number of phenols is 1. The summed E-state index contributed by atoms with van der Waals surface area (Å²) in [5.41, 5.74) is 23.0. The molecule has 0 aliphatic heterocycles. The minimum absolute atomic E-state index is 0.0254. The molecule has 17 heteroatoms. The van der Waals surface area contributed by atoms with E-state index in [2.05, 4.69) is 30.9 Å². The molecule has 0 aliphatic rings. The van der Waals surface area contributed by atoms with E-state index < -0.39 is 60.2 Å². The highest BCUT2D eigenvalue weighted by Gasteiger charge is 2.31. The lowest BCUT2D eigenvalue weighted by Crippen LogP contribution is -2.58.